The van der Waals surface area contributed by atoms with E-state index in [1.807, 2.05) is 30.3 Å². The third-order valence-electron chi connectivity index (χ3n) is 3.18. The molecule has 1 N–H and O–H groups in total. The Bertz CT molecular complexity index is 638. The Morgan fingerprint density at radius 2 is 1.70 bits per heavy atom. The minimum atomic E-state index is 0. The van der Waals surface area contributed by atoms with E-state index in [2.05, 4.69) is 32.2 Å². The van der Waals surface area contributed by atoms with Gasteiger partial charge in [-0.25, -0.2) is 0 Å². The number of halogens is 3. The second kappa shape index (κ2) is 8.79. The van der Waals surface area contributed by atoms with E-state index < -0.39 is 0 Å². The van der Waals surface area contributed by atoms with E-state index >= 15 is 0 Å². The highest BCUT2D eigenvalue weighted by Crippen LogP contribution is 2.24. The van der Waals surface area contributed by atoms with Crippen molar-refractivity contribution < 1.29 is 4.74 Å². The van der Waals surface area contributed by atoms with Crippen LogP contribution >= 0.6 is 35.6 Å². The Kier molecular flexibility index (Phi) is 7.69. The maximum Gasteiger partial charge on any atom is 0.124 e. The second-order valence-electron chi connectivity index (χ2n) is 6.24. The fourth-order valence-electron chi connectivity index (χ4n) is 1.95. The zero-order chi connectivity index (χ0) is 16.2. The third kappa shape index (κ3) is 6.60. The fourth-order valence-corrected chi connectivity index (χ4v) is 2.41. The van der Waals surface area contributed by atoms with Crippen LogP contribution in [0.15, 0.2) is 42.5 Å². The minimum Gasteiger partial charge on any atom is -0.489 e. The molecule has 0 radical (unpaired) electrons. The van der Waals surface area contributed by atoms with E-state index in [1.165, 1.54) is 0 Å². The minimum absolute atomic E-state index is 0. The maximum absolute atomic E-state index is 6.18. The molecule has 0 bridgehead atoms. The molecular weight excluding hydrogens is 353 g/mol. The Hall–Kier alpha value is -0.930. The molecule has 0 saturated heterocycles. The van der Waals surface area contributed by atoms with Crippen LogP contribution in [0, 0.1) is 0 Å². The largest absolute Gasteiger partial charge is 0.489 e. The molecule has 0 unspecified atom stereocenters. The lowest BCUT2D eigenvalue weighted by Gasteiger charge is -2.21. The van der Waals surface area contributed by atoms with Crippen molar-refractivity contribution in [3.05, 3.63) is 63.6 Å². The number of ether oxygens (including phenoxy) is 1. The monoisotopic (exact) mass is 373 g/mol. The average molecular weight is 375 g/mol. The zero-order valence-electron chi connectivity index (χ0n) is 13.5. The van der Waals surface area contributed by atoms with E-state index in [4.69, 9.17) is 27.9 Å². The average Bonchev–Trinajstić information content (AvgIpc) is 2.44. The number of rotatable bonds is 5. The van der Waals surface area contributed by atoms with Crippen LogP contribution in [0.25, 0.3) is 0 Å². The second-order valence-corrected chi connectivity index (χ2v) is 7.08. The van der Waals surface area contributed by atoms with Crippen molar-refractivity contribution in [3.8, 4) is 5.75 Å². The van der Waals surface area contributed by atoms with Crippen molar-refractivity contribution >= 4 is 35.6 Å². The molecule has 126 valence electrons. The van der Waals surface area contributed by atoms with Gasteiger partial charge >= 0.3 is 0 Å². The number of hydrogen-bond acceptors (Lipinski definition) is 2. The summed E-state index contributed by atoms with van der Waals surface area (Å²) in [6, 6.07) is 13.5. The molecule has 0 fully saturated rings. The number of para-hydroxylation sites is 1. The van der Waals surface area contributed by atoms with Gasteiger partial charge in [0.05, 0.1) is 0 Å². The summed E-state index contributed by atoms with van der Waals surface area (Å²) in [7, 11) is 0. The molecule has 0 heterocycles. The molecule has 0 saturated carbocycles. The van der Waals surface area contributed by atoms with Crippen molar-refractivity contribution in [2.24, 2.45) is 0 Å². The predicted octanol–water partition coefficient (Wildman–Crippen LogP) is 5.88. The normalized spacial score (nSPS) is 11.0. The lowest BCUT2D eigenvalue weighted by atomic mass is 10.1. The first-order valence-corrected chi connectivity index (χ1v) is 8.00. The van der Waals surface area contributed by atoms with Crippen LogP contribution < -0.4 is 10.1 Å². The maximum atomic E-state index is 6.18. The van der Waals surface area contributed by atoms with E-state index in [0.29, 0.717) is 16.7 Å². The Morgan fingerprint density at radius 3 is 2.35 bits per heavy atom. The SMILES string of the molecule is CC(C)(C)NCc1ccccc1OCc1ccc(Cl)cc1Cl.Cl. The van der Waals surface area contributed by atoms with E-state index in [9.17, 15) is 0 Å². The van der Waals surface area contributed by atoms with Gasteiger partial charge in [0.25, 0.3) is 0 Å². The lowest BCUT2D eigenvalue weighted by molar-refractivity contribution is 0.300. The van der Waals surface area contributed by atoms with Gasteiger partial charge in [0.1, 0.15) is 12.4 Å². The summed E-state index contributed by atoms with van der Waals surface area (Å²) in [6.07, 6.45) is 0. The highest BCUT2D eigenvalue weighted by atomic mass is 35.5. The van der Waals surface area contributed by atoms with Gasteiger partial charge in [-0.1, -0.05) is 47.5 Å². The van der Waals surface area contributed by atoms with Crippen LogP contribution in [0.5, 0.6) is 5.75 Å². The number of hydrogen-bond donors (Lipinski definition) is 1. The van der Waals surface area contributed by atoms with Gasteiger partial charge in [-0.2, -0.15) is 0 Å². The molecule has 2 nitrogen and oxygen atoms in total. The Labute approximate surface area is 154 Å². The van der Waals surface area contributed by atoms with Crippen LogP contribution in [-0.4, -0.2) is 5.54 Å². The van der Waals surface area contributed by atoms with Crippen LogP contribution in [0.4, 0.5) is 0 Å². The van der Waals surface area contributed by atoms with Crippen molar-refractivity contribution in [1.29, 1.82) is 0 Å². The topological polar surface area (TPSA) is 21.3 Å². The molecule has 23 heavy (non-hydrogen) atoms. The Morgan fingerprint density at radius 1 is 1.00 bits per heavy atom. The Balaban J connectivity index is 0.00000264. The molecule has 0 aliphatic rings. The fraction of sp³-hybridized carbons (Fsp3) is 0.333. The van der Waals surface area contributed by atoms with Crippen LogP contribution in [0.1, 0.15) is 31.9 Å². The van der Waals surface area contributed by atoms with Gasteiger partial charge in [-0.3, -0.25) is 0 Å². The molecule has 0 atom stereocenters. The first-order chi connectivity index (χ1) is 10.3. The molecule has 0 aliphatic heterocycles. The van der Waals surface area contributed by atoms with E-state index in [0.717, 1.165) is 23.4 Å². The zero-order valence-corrected chi connectivity index (χ0v) is 15.9. The van der Waals surface area contributed by atoms with Crippen molar-refractivity contribution in [1.82, 2.24) is 5.32 Å². The summed E-state index contributed by atoms with van der Waals surface area (Å²) in [6.45, 7) is 7.61. The molecule has 2 aromatic rings. The third-order valence-corrected chi connectivity index (χ3v) is 3.77. The number of benzene rings is 2. The molecule has 0 aliphatic carbocycles. The van der Waals surface area contributed by atoms with Crippen LogP contribution in [-0.2, 0) is 13.2 Å². The summed E-state index contributed by atoms with van der Waals surface area (Å²) >= 11 is 12.1. The summed E-state index contributed by atoms with van der Waals surface area (Å²) in [5.41, 5.74) is 2.11. The van der Waals surface area contributed by atoms with Gasteiger partial charge in [-0.15, -0.1) is 12.4 Å². The highest BCUT2D eigenvalue weighted by Gasteiger charge is 2.11. The van der Waals surface area contributed by atoms with E-state index in [1.54, 1.807) is 6.07 Å². The van der Waals surface area contributed by atoms with E-state index in [-0.39, 0.29) is 17.9 Å². The first-order valence-electron chi connectivity index (χ1n) is 7.25. The van der Waals surface area contributed by atoms with Crippen LogP contribution in [0.2, 0.25) is 10.0 Å². The smallest absolute Gasteiger partial charge is 0.124 e. The van der Waals surface area contributed by atoms with Gasteiger partial charge < -0.3 is 10.1 Å². The van der Waals surface area contributed by atoms with Crippen molar-refractivity contribution in [3.63, 3.8) is 0 Å². The van der Waals surface area contributed by atoms with Gasteiger partial charge in [-0.05, 0) is 39.0 Å². The molecule has 0 aromatic heterocycles. The summed E-state index contributed by atoms with van der Waals surface area (Å²) in [4.78, 5) is 0. The summed E-state index contributed by atoms with van der Waals surface area (Å²) < 4.78 is 5.94. The first kappa shape index (κ1) is 20.1. The molecule has 2 rings (SSSR count). The molecule has 0 spiro atoms. The summed E-state index contributed by atoms with van der Waals surface area (Å²) in [5, 5.41) is 4.72. The molecule has 0 amide bonds. The predicted molar refractivity (Wildman–Crippen MR) is 101 cm³/mol. The standard InChI is InChI=1S/C18H21Cl2NO.ClH/c1-18(2,3)21-11-13-6-4-5-7-17(13)22-12-14-8-9-15(19)10-16(14)20;/h4-10,21H,11-12H2,1-3H3;1H. The highest BCUT2D eigenvalue weighted by molar-refractivity contribution is 6.35. The summed E-state index contributed by atoms with van der Waals surface area (Å²) in [5.74, 6) is 0.866. The quantitative estimate of drug-likeness (QED) is 0.705. The number of nitrogens with one attached hydrogen (secondary N) is 1. The molecule has 2 aromatic carbocycles. The molecule has 5 heteroatoms. The van der Waals surface area contributed by atoms with Crippen molar-refractivity contribution in [2.45, 2.75) is 39.5 Å². The van der Waals surface area contributed by atoms with Gasteiger partial charge in [0, 0.05) is 33.3 Å². The van der Waals surface area contributed by atoms with Gasteiger partial charge in [0.15, 0.2) is 0 Å². The lowest BCUT2D eigenvalue weighted by Crippen LogP contribution is -2.35. The van der Waals surface area contributed by atoms with Gasteiger partial charge in [0.2, 0.25) is 0 Å². The molecular formula is C18H22Cl3NO. The van der Waals surface area contributed by atoms with Crippen LogP contribution in [0.3, 0.4) is 0 Å². The van der Waals surface area contributed by atoms with Crippen molar-refractivity contribution in [2.75, 3.05) is 0 Å².